The van der Waals surface area contributed by atoms with Crippen LogP contribution in [0.15, 0.2) is 30.3 Å². The van der Waals surface area contributed by atoms with E-state index in [4.69, 9.17) is 9.47 Å². The number of amides is 1. The fourth-order valence-corrected chi connectivity index (χ4v) is 2.37. The molecule has 0 unspecified atom stereocenters. The highest BCUT2D eigenvalue weighted by atomic mass is 16.6. The molecule has 0 saturated carbocycles. The number of esters is 1. The van der Waals surface area contributed by atoms with Crippen LogP contribution in [-0.4, -0.2) is 40.9 Å². The third kappa shape index (κ3) is 3.98. The molecule has 0 radical (unpaired) electrons. The molecule has 6 nitrogen and oxygen atoms in total. The molecule has 1 aliphatic rings. The van der Waals surface area contributed by atoms with E-state index in [0.29, 0.717) is 6.42 Å². The lowest BCUT2D eigenvalue weighted by atomic mass is 9.97. The first-order valence-corrected chi connectivity index (χ1v) is 7.31. The molecule has 0 spiro atoms. The number of carbonyl (C=O) groups is 2. The van der Waals surface area contributed by atoms with Gasteiger partial charge in [-0.1, -0.05) is 44.2 Å². The maximum absolute atomic E-state index is 12.2. The molecule has 0 bridgehead atoms. The van der Waals surface area contributed by atoms with Crippen molar-refractivity contribution in [3.63, 3.8) is 0 Å². The molecular formula is C16H21NO5. The van der Waals surface area contributed by atoms with Crippen LogP contribution in [0.5, 0.6) is 0 Å². The Labute approximate surface area is 129 Å². The monoisotopic (exact) mass is 307 g/mol. The summed E-state index contributed by atoms with van der Waals surface area (Å²) in [6.07, 6.45) is -1.43. The van der Waals surface area contributed by atoms with Crippen LogP contribution < -0.4 is 0 Å². The molecule has 1 aliphatic heterocycles. The third-order valence-corrected chi connectivity index (χ3v) is 3.50. The molecule has 6 heteroatoms. The summed E-state index contributed by atoms with van der Waals surface area (Å²) in [7, 11) is 0. The van der Waals surface area contributed by atoms with Crippen molar-refractivity contribution in [1.82, 2.24) is 4.90 Å². The van der Waals surface area contributed by atoms with Gasteiger partial charge < -0.3 is 14.6 Å². The summed E-state index contributed by atoms with van der Waals surface area (Å²) in [6.45, 7) is 3.86. The van der Waals surface area contributed by atoms with Crippen molar-refractivity contribution < 1.29 is 24.2 Å². The molecule has 2 atom stereocenters. The highest BCUT2D eigenvalue weighted by Gasteiger charge is 2.40. The van der Waals surface area contributed by atoms with Crippen LogP contribution in [0.3, 0.4) is 0 Å². The van der Waals surface area contributed by atoms with E-state index in [1.807, 2.05) is 44.2 Å². The van der Waals surface area contributed by atoms with Crippen LogP contribution >= 0.6 is 0 Å². The van der Waals surface area contributed by atoms with Crippen LogP contribution in [0.2, 0.25) is 0 Å². The standard InChI is InChI=1S/C16H21NO5/c1-11(2)8-13-14(18)15(19)22-10-17(13)16(20)21-9-12-6-4-3-5-7-12/h3-7,11,13-14,18H,8-10H2,1-2H3/t13-,14-/m0/s1. The van der Waals surface area contributed by atoms with E-state index in [2.05, 4.69) is 0 Å². The smallest absolute Gasteiger partial charge is 0.413 e. The second-order valence-electron chi connectivity index (χ2n) is 5.74. The number of benzene rings is 1. The second-order valence-corrected chi connectivity index (χ2v) is 5.74. The van der Waals surface area contributed by atoms with E-state index < -0.39 is 24.2 Å². The number of rotatable bonds is 4. The highest BCUT2D eigenvalue weighted by Crippen LogP contribution is 2.21. The van der Waals surface area contributed by atoms with Gasteiger partial charge in [-0.05, 0) is 17.9 Å². The molecule has 1 fully saturated rings. The maximum atomic E-state index is 12.2. The summed E-state index contributed by atoms with van der Waals surface area (Å²) < 4.78 is 10.1. The average molecular weight is 307 g/mol. The molecule has 0 aromatic heterocycles. The van der Waals surface area contributed by atoms with Gasteiger partial charge in [0.1, 0.15) is 6.61 Å². The summed E-state index contributed by atoms with van der Waals surface area (Å²) in [5.74, 6) is -0.479. The molecule has 1 aromatic carbocycles. The predicted octanol–water partition coefficient (Wildman–Crippen LogP) is 1.92. The Bertz CT molecular complexity index is 517. The summed E-state index contributed by atoms with van der Waals surface area (Å²) in [5, 5.41) is 9.97. The van der Waals surface area contributed by atoms with E-state index in [9.17, 15) is 14.7 Å². The molecule has 0 aliphatic carbocycles. The number of aliphatic hydroxyl groups is 1. The summed E-state index contributed by atoms with van der Waals surface area (Å²) in [5.41, 5.74) is 0.866. The van der Waals surface area contributed by atoms with E-state index in [-0.39, 0.29) is 19.3 Å². The molecule has 2 rings (SSSR count). The number of carbonyl (C=O) groups excluding carboxylic acids is 2. The van der Waals surface area contributed by atoms with Gasteiger partial charge in [-0.3, -0.25) is 4.90 Å². The van der Waals surface area contributed by atoms with Gasteiger partial charge in [-0.2, -0.15) is 0 Å². The first-order valence-electron chi connectivity index (χ1n) is 7.31. The summed E-state index contributed by atoms with van der Waals surface area (Å²) >= 11 is 0. The van der Waals surface area contributed by atoms with E-state index in [1.165, 1.54) is 4.90 Å². The average Bonchev–Trinajstić information content (AvgIpc) is 2.50. The highest BCUT2D eigenvalue weighted by molar-refractivity contribution is 5.78. The van der Waals surface area contributed by atoms with Gasteiger partial charge in [0.25, 0.3) is 0 Å². The predicted molar refractivity (Wildman–Crippen MR) is 78.7 cm³/mol. The number of nitrogens with zero attached hydrogens (tertiary/aromatic N) is 1. The lowest BCUT2D eigenvalue weighted by Crippen LogP contribution is -2.56. The molecule has 1 N–H and O–H groups in total. The normalized spacial score (nSPS) is 21.6. The lowest BCUT2D eigenvalue weighted by Gasteiger charge is -2.37. The Morgan fingerprint density at radius 2 is 2.09 bits per heavy atom. The van der Waals surface area contributed by atoms with Gasteiger partial charge in [0.05, 0.1) is 6.04 Å². The molecule has 1 saturated heterocycles. The zero-order valence-electron chi connectivity index (χ0n) is 12.8. The van der Waals surface area contributed by atoms with E-state index >= 15 is 0 Å². The SMILES string of the molecule is CC(C)C[C@H]1[C@H](O)C(=O)OCN1C(=O)OCc1ccccc1. The zero-order chi connectivity index (χ0) is 16.1. The minimum atomic E-state index is -1.33. The lowest BCUT2D eigenvalue weighted by molar-refractivity contribution is -0.175. The second kappa shape index (κ2) is 7.26. The number of hydrogen-bond acceptors (Lipinski definition) is 5. The fourth-order valence-electron chi connectivity index (χ4n) is 2.37. The fraction of sp³-hybridized carbons (Fsp3) is 0.500. The Balaban J connectivity index is 2.00. The Morgan fingerprint density at radius 3 is 2.73 bits per heavy atom. The Kier molecular flexibility index (Phi) is 5.38. The topological polar surface area (TPSA) is 76.1 Å². The van der Waals surface area contributed by atoms with Gasteiger partial charge in [-0.25, -0.2) is 9.59 Å². The van der Waals surface area contributed by atoms with Crippen molar-refractivity contribution in [2.24, 2.45) is 5.92 Å². The molecule has 120 valence electrons. The van der Waals surface area contributed by atoms with Crippen LogP contribution in [0.4, 0.5) is 4.79 Å². The number of ether oxygens (including phenoxy) is 2. The van der Waals surface area contributed by atoms with E-state index in [0.717, 1.165) is 5.56 Å². The number of hydrogen-bond donors (Lipinski definition) is 1. The van der Waals surface area contributed by atoms with Gasteiger partial charge >= 0.3 is 12.1 Å². The first-order chi connectivity index (χ1) is 10.5. The molecule has 22 heavy (non-hydrogen) atoms. The van der Waals surface area contributed by atoms with Crippen LogP contribution in [0.25, 0.3) is 0 Å². The number of cyclic esters (lactones) is 1. The maximum Gasteiger partial charge on any atom is 0.413 e. The molecule has 1 amide bonds. The minimum absolute atomic E-state index is 0.134. The van der Waals surface area contributed by atoms with Crippen molar-refractivity contribution in [3.05, 3.63) is 35.9 Å². The zero-order valence-corrected chi connectivity index (χ0v) is 12.8. The number of aliphatic hydroxyl groups excluding tert-OH is 1. The first kappa shape index (κ1) is 16.3. The van der Waals surface area contributed by atoms with Crippen molar-refractivity contribution >= 4 is 12.1 Å². The summed E-state index contributed by atoms with van der Waals surface area (Å²) in [6, 6.07) is 8.68. The van der Waals surface area contributed by atoms with Gasteiger partial charge in [-0.15, -0.1) is 0 Å². The van der Waals surface area contributed by atoms with Crippen LogP contribution in [-0.2, 0) is 20.9 Å². The third-order valence-electron chi connectivity index (χ3n) is 3.50. The minimum Gasteiger partial charge on any atom is -0.444 e. The molecular weight excluding hydrogens is 286 g/mol. The molecule has 1 heterocycles. The Hall–Kier alpha value is -2.08. The molecule has 1 aromatic rings. The largest absolute Gasteiger partial charge is 0.444 e. The van der Waals surface area contributed by atoms with Crippen LogP contribution in [0, 0.1) is 5.92 Å². The quantitative estimate of drug-likeness (QED) is 0.860. The van der Waals surface area contributed by atoms with Gasteiger partial charge in [0.15, 0.2) is 12.8 Å². The van der Waals surface area contributed by atoms with Crippen molar-refractivity contribution in [1.29, 1.82) is 0 Å². The Morgan fingerprint density at radius 1 is 1.41 bits per heavy atom. The van der Waals surface area contributed by atoms with Crippen molar-refractivity contribution in [3.8, 4) is 0 Å². The van der Waals surface area contributed by atoms with E-state index in [1.54, 1.807) is 0 Å². The van der Waals surface area contributed by atoms with Gasteiger partial charge in [0.2, 0.25) is 0 Å². The van der Waals surface area contributed by atoms with Crippen molar-refractivity contribution in [2.45, 2.75) is 39.0 Å². The van der Waals surface area contributed by atoms with Crippen LogP contribution in [0.1, 0.15) is 25.8 Å². The van der Waals surface area contributed by atoms with Gasteiger partial charge in [0, 0.05) is 0 Å². The van der Waals surface area contributed by atoms with Crippen molar-refractivity contribution in [2.75, 3.05) is 6.73 Å². The summed E-state index contributed by atoms with van der Waals surface area (Å²) in [4.78, 5) is 25.0.